The second-order valence-electron chi connectivity index (χ2n) is 19.9. The molecule has 0 aromatic carbocycles. The summed E-state index contributed by atoms with van der Waals surface area (Å²) < 4.78 is 16.9. The van der Waals surface area contributed by atoms with Crippen LogP contribution < -0.4 is 0 Å². The monoisotopic (exact) mass is 965 g/mol. The molecule has 6 nitrogen and oxygen atoms in total. The quantitative estimate of drug-likeness (QED) is 0.0262. The van der Waals surface area contributed by atoms with Crippen LogP contribution in [0.2, 0.25) is 0 Å². The summed E-state index contributed by atoms with van der Waals surface area (Å²) in [5.41, 5.74) is 0. The van der Waals surface area contributed by atoms with Crippen LogP contribution >= 0.6 is 0 Å². The van der Waals surface area contributed by atoms with Crippen molar-refractivity contribution in [3.63, 3.8) is 0 Å². The van der Waals surface area contributed by atoms with Crippen molar-refractivity contribution in [2.24, 2.45) is 0 Å². The van der Waals surface area contributed by atoms with E-state index in [0.717, 1.165) is 103 Å². The number of allylic oxidation sites excluding steroid dienone is 10. The maximum Gasteiger partial charge on any atom is 0.306 e. The Morgan fingerprint density at radius 1 is 0.304 bits per heavy atom. The Morgan fingerprint density at radius 2 is 0.565 bits per heavy atom. The van der Waals surface area contributed by atoms with Crippen LogP contribution in [0.25, 0.3) is 0 Å². The van der Waals surface area contributed by atoms with Gasteiger partial charge in [-0.1, -0.05) is 261 Å². The highest BCUT2D eigenvalue weighted by molar-refractivity contribution is 5.71. The van der Waals surface area contributed by atoms with Gasteiger partial charge in [0, 0.05) is 19.3 Å². The molecule has 400 valence electrons. The molecule has 0 aromatic heterocycles. The average Bonchev–Trinajstić information content (AvgIpc) is 3.35. The highest BCUT2D eigenvalue weighted by Gasteiger charge is 2.19. The molecule has 0 amide bonds. The summed E-state index contributed by atoms with van der Waals surface area (Å²) >= 11 is 0. The van der Waals surface area contributed by atoms with Gasteiger partial charge in [0.25, 0.3) is 0 Å². The van der Waals surface area contributed by atoms with Gasteiger partial charge in [-0.05, 0) is 83.5 Å². The second-order valence-corrected chi connectivity index (χ2v) is 19.9. The number of hydrogen-bond acceptors (Lipinski definition) is 6. The van der Waals surface area contributed by atoms with Gasteiger partial charge >= 0.3 is 17.9 Å². The lowest BCUT2D eigenvalue weighted by molar-refractivity contribution is -0.167. The maximum atomic E-state index is 12.9. The minimum absolute atomic E-state index is 0.0841. The van der Waals surface area contributed by atoms with E-state index in [1.807, 2.05) is 0 Å². The lowest BCUT2D eigenvalue weighted by atomic mass is 10.0. The van der Waals surface area contributed by atoms with Crippen molar-refractivity contribution >= 4 is 17.9 Å². The van der Waals surface area contributed by atoms with Gasteiger partial charge in [-0.3, -0.25) is 14.4 Å². The van der Waals surface area contributed by atoms with Gasteiger partial charge in [-0.2, -0.15) is 0 Å². The fraction of sp³-hybridized carbons (Fsp3) is 0.794. The van der Waals surface area contributed by atoms with Crippen molar-refractivity contribution in [1.29, 1.82) is 0 Å². The van der Waals surface area contributed by atoms with Gasteiger partial charge in [0.15, 0.2) is 6.10 Å². The number of carbonyl (C=O) groups is 3. The van der Waals surface area contributed by atoms with Gasteiger partial charge in [0.05, 0.1) is 0 Å². The fourth-order valence-electron chi connectivity index (χ4n) is 8.55. The summed E-state index contributed by atoms with van der Waals surface area (Å²) in [6.45, 7) is 6.53. The smallest absolute Gasteiger partial charge is 0.306 e. The summed E-state index contributed by atoms with van der Waals surface area (Å²) in [6.07, 6.45) is 72.2. The molecule has 0 saturated carbocycles. The van der Waals surface area contributed by atoms with E-state index < -0.39 is 6.10 Å². The van der Waals surface area contributed by atoms with E-state index in [9.17, 15) is 14.4 Å². The normalized spacial score (nSPS) is 12.4. The van der Waals surface area contributed by atoms with Crippen molar-refractivity contribution in [2.45, 2.75) is 309 Å². The van der Waals surface area contributed by atoms with Gasteiger partial charge in [-0.15, -0.1) is 0 Å². The minimum atomic E-state index is -0.789. The Hall–Kier alpha value is -2.89. The molecule has 0 bridgehead atoms. The molecule has 1 unspecified atom stereocenters. The molecule has 0 spiro atoms. The number of ether oxygens (including phenoxy) is 3. The Balaban J connectivity index is 4.37. The first-order valence-electron chi connectivity index (χ1n) is 29.8. The Morgan fingerprint density at radius 3 is 0.899 bits per heavy atom. The first-order chi connectivity index (χ1) is 34.0. The maximum absolute atomic E-state index is 12.9. The van der Waals surface area contributed by atoms with E-state index in [2.05, 4.69) is 81.5 Å². The van der Waals surface area contributed by atoms with Crippen LogP contribution in [-0.2, 0) is 28.6 Å². The first-order valence-corrected chi connectivity index (χ1v) is 29.8. The van der Waals surface area contributed by atoms with Crippen LogP contribution in [0.5, 0.6) is 0 Å². The molecule has 69 heavy (non-hydrogen) atoms. The summed E-state index contributed by atoms with van der Waals surface area (Å²) in [6, 6.07) is 0. The predicted molar refractivity (Wildman–Crippen MR) is 298 cm³/mol. The molecule has 0 heterocycles. The molecule has 0 saturated heterocycles. The van der Waals surface area contributed by atoms with E-state index >= 15 is 0 Å². The molecular weight excluding hydrogens is 853 g/mol. The number of rotatable bonds is 54. The SMILES string of the molecule is CC/C=C\C/C=C\C/C=C\C/C=C\CCCCCCC(=O)OC(COC(=O)CCCCCCC/C=C\CCCCCCC)COC(=O)CCCCCCCCCCCCCCCCCCCCCC. The second kappa shape index (κ2) is 57.7. The molecule has 0 aliphatic rings. The largest absolute Gasteiger partial charge is 0.462 e. The third-order valence-corrected chi connectivity index (χ3v) is 13.0. The average molecular weight is 966 g/mol. The summed E-state index contributed by atoms with van der Waals surface area (Å²) in [4.78, 5) is 38.2. The van der Waals surface area contributed by atoms with Crippen molar-refractivity contribution in [3.8, 4) is 0 Å². The molecule has 6 heteroatoms. The Labute approximate surface area is 428 Å². The lowest BCUT2D eigenvalue weighted by Gasteiger charge is -2.18. The number of esters is 3. The van der Waals surface area contributed by atoms with Crippen LogP contribution in [0, 0.1) is 0 Å². The highest BCUT2D eigenvalue weighted by Crippen LogP contribution is 2.16. The van der Waals surface area contributed by atoms with E-state index in [1.54, 1.807) is 0 Å². The van der Waals surface area contributed by atoms with E-state index in [1.165, 1.54) is 161 Å². The zero-order chi connectivity index (χ0) is 50.0. The van der Waals surface area contributed by atoms with Gasteiger partial charge in [0.2, 0.25) is 0 Å². The fourth-order valence-corrected chi connectivity index (χ4v) is 8.55. The highest BCUT2D eigenvalue weighted by atomic mass is 16.6. The van der Waals surface area contributed by atoms with Crippen molar-refractivity contribution < 1.29 is 28.6 Å². The van der Waals surface area contributed by atoms with Crippen LogP contribution in [0.4, 0.5) is 0 Å². The Bertz CT molecular complexity index is 1250. The zero-order valence-electron chi connectivity index (χ0n) is 45.8. The van der Waals surface area contributed by atoms with E-state index in [0.29, 0.717) is 19.3 Å². The topological polar surface area (TPSA) is 78.9 Å². The third-order valence-electron chi connectivity index (χ3n) is 13.0. The molecule has 0 fully saturated rings. The number of unbranched alkanes of at least 4 members (excludes halogenated alkanes) is 33. The van der Waals surface area contributed by atoms with Crippen LogP contribution in [0.1, 0.15) is 303 Å². The number of carbonyl (C=O) groups excluding carboxylic acids is 3. The molecule has 0 aliphatic heterocycles. The van der Waals surface area contributed by atoms with Crippen LogP contribution in [0.15, 0.2) is 60.8 Å². The summed E-state index contributed by atoms with van der Waals surface area (Å²) in [7, 11) is 0. The molecule has 0 aliphatic carbocycles. The van der Waals surface area contributed by atoms with E-state index in [4.69, 9.17) is 14.2 Å². The van der Waals surface area contributed by atoms with Crippen LogP contribution in [-0.4, -0.2) is 37.2 Å². The molecule has 0 aromatic rings. The molecule has 1 atom stereocenters. The lowest BCUT2D eigenvalue weighted by Crippen LogP contribution is -2.30. The van der Waals surface area contributed by atoms with Gasteiger partial charge < -0.3 is 14.2 Å². The van der Waals surface area contributed by atoms with Gasteiger partial charge in [0.1, 0.15) is 13.2 Å². The van der Waals surface area contributed by atoms with Crippen LogP contribution in [0.3, 0.4) is 0 Å². The molecule has 0 rings (SSSR count). The third kappa shape index (κ3) is 55.9. The minimum Gasteiger partial charge on any atom is -0.462 e. The van der Waals surface area contributed by atoms with Crippen molar-refractivity contribution in [1.82, 2.24) is 0 Å². The van der Waals surface area contributed by atoms with Crippen molar-refractivity contribution in [2.75, 3.05) is 13.2 Å². The molecule has 0 radical (unpaired) electrons. The molecular formula is C63H112O6. The van der Waals surface area contributed by atoms with E-state index in [-0.39, 0.29) is 31.1 Å². The standard InChI is InChI=1S/C63H112O6/c1-4-7-10-13-16-19-22-25-28-30-31-32-34-35-38-41-44-47-50-53-56-62(65)68-59-60(58-67-61(64)55-52-49-46-43-40-37-27-24-21-18-15-12-9-6-3)69-63(66)57-54-51-48-45-42-39-36-33-29-26-23-20-17-14-11-8-5-2/h8,11,17,20,24,26-27,29,36,39,60H,4-7,9-10,12-16,18-19,21-23,25,28,30-35,37-38,40-59H2,1-3H3/b11-8-,20-17-,27-24-,29-26-,39-36-. The summed E-state index contributed by atoms with van der Waals surface area (Å²) in [5, 5.41) is 0. The predicted octanol–water partition coefficient (Wildman–Crippen LogP) is 20.0. The molecule has 0 N–H and O–H groups in total. The van der Waals surface area contributed by atoms with Gasteiger partial charge in [-0.25, -0.2) is 0 Å². The zero-order valence-corrected chi connectivity index (χ0v) is 45.8. The Kier molecular flexibility index (Phi) is 55.3. The summed E-state index contributed by atoms with van der Waals surface area (Å²) in [5.74, 6) is -0.903. The first kappa shape index (κ1) is 66.1. The number of hydrogen-bond donors (Lipinski definition) is 0. The van der Waals surface area contributed by atoms with Crippen molar-refractivity contribution in [3.05, 3.63) is 60.8 Å².